The van der Waals surface area contributed by atoms with Crippen molar-refractivity contribution in [3.05, 3.63) is 34.4 Å². The summed E-state index contributed by atoms with van der Waals surface area (Å²) in [6.45, 7) is 5.60. The van der Waals surface area contributed by atoms with E-state index in [-0.39, 0.29) is 6.54 Å². The van der Waals surface area contributed by atoms with E-state index in [0.29, 0.717) is 0 Å². The zero-order valence-corrected chi connectivity index (χ0v) is 14.3. The van der Waals surface area contributed by atoms with E-state index in [2.05, 4.69) is 31.7 Å². The molecule has 1 aromatic carbocycles. The van der Waals surface area contributed by atoms with E-state index in [0.717, 1.165) is 20.9 Å². The van der Waals surface area contributed by atoms with Gasteiger partial charge in [-0.3, -0.25) is 0 Å². The van der Waals surface area contributed by atoms with Crippen LogP contribution in [-0.4, -0.2) is 28.4 Å². The standard InChI is InChI=1S/C15H20BrN3O3/c1-15(2,3)22-14(20)18-8-13(19-21)11-7-17-12-6-9(16)4-5-10(11)12/h4-7,13,17,19,21H,8H2,1-3H3,(H,18,20). The first-order chi connectivity index (χ1) is 10.3. The van der Waals surface area contributed by atoms with Crippen LogP contribution in [0.4, 0.5) is 4.79 Å². The lowest BCUT2D eigenvalue weighted by Crippen LogP contribution is -2.37. The summed E-state index contributed by atoms with van der Waals surface area (Å²) in [6.07, 6.45) is 1.29. The minimum Gasteiger partial charge on any atom is -0.444 e. The lowest BCUT2D eigenvalue weighted by molar-refractivity contribution is 0.0503. The Morgan fingerprint density at radius 2 is 2.18 bits per heavy atom. The van der Waals surface area contributed by atoms with E-state index >= 15 is 0 Å². The molecule has 0 fully saturated rings. The Morgan fingerprint density at radius 3 is 2.82 bits per heavy atom. The van der Waals surface area contributed by atoms with Gasteiger partial charge in [-0.05, 0) is 38.5 Å². The predicted octanol–water partition coefficient (Wildman–Crippen LogP) is 3.48. The summed E-state index contributed by atoms with van der Waals surface area (Å²) >= 11 is 3.41. The minimum atomic E-state index is -0.556. The van der Waals surface area contributed by atoms with Crippen LogP contribution < -0.4 is 10.8 Å². The van der Waals surface area contributed by atoms with Gasteiger partial charge in [-0.25, -0.2) is 4.79 Å². The fourth-order valence-corrected chi connectivity index (χ4v) is 2.49. The van der Waals surface area contributed by atoms with Crippen molar-refractivity contribution < 1.29 is 14.7 Å². The smallest absolute Gasteiger partial charge is 0.407 e. The number of carbonyl (C=O) groups is 1. The van der Waals surface area contributed by atoms with Gasteiger partial charge < -0.3 is 20.2 Å². The average Bonchev–Trinajstić information content (AvgIpc) is 2.80. The first-order valence-electron chi connectivity index (χ1n) is 6.93. The molecule has 0 aliphatic carbocycles. The van der Waals surface area contributed by atoms with Crippen molar-refractivity contribution in [2.45, 2.75) is 32.4 Å². The van der Waals surface area contributed by atoms with E-state index in [1.54, 1.807) is 20.8 Å². The van der Waals surface area contributed by atoms with Gasteiger partial charge in [-0.2, -0.15) is 5.48 Å². The van der Waals surface area contributed by atoms with Crippen LogP contribution in [0.2, 0.25) is 0 Å². The fourth-order valence-electron chi connectivity index (χ4n) is 2.13. The summed E-state index contributed by atoms with van der Waals surface area (Å²) in [4.78, 5) is 14.8. The van der Waals surface area contributed by atoms with Crippen molar-refractivity contribution in [1.82, 2.24) is 15.8 Å². The van der Waals surface area contributed by atoms with Crippen LogP contribution in [-0.2, 0) is 4.74 Å². The Hall–Kier alpha value is -1.57. The number of alkyl carbamates (subject to hydrolysis) is 1. The first-order valence-corrected chi connectivity index (χ1v) is 7.72. The number of halogens is 1. The van der Waals surface area contributed by atoms with Gasteiger partial charge in [0.05, 0.1) is 6.04 Å². The van der Waals surface area contributed by atoms with Crippen LogP contribution in [0.25, 0.3) is 10.9 Å². The highest BCUT2D eigenvalue weighted by molar-refractivity contribution is 9.10. The number of benzene rings is 1. The maximum absolute atomic E-state index is 11.7. The average molecular weight is 370 g/mol. The number of aromatic amines is 1. The Kier molecular flexibility index (Phi) is 5.10. The first kappa shape index (κ1) is 16.8. The summed E-state index contributed by atoms with van der Waals surface area (Å²) < 4.78 is 6.15. The molecule has 0 aliphatic heterocycles. The third kappa shape index (κ3) is 4.22. The van der Waals surface area contributed by atoms with Gasteiger partial charge in [0.25, 0.3) is 0 Å². The molecule has 1 amide bonds. The molecule has 1 aromatic heterocycles. The number of rotatable bonds is 4. The zero-order chi connectivity index (χ0) is 16.3. The van der Waals surface area contributed by atoms with Gasteiger partial charge in [-0.15, -0.1) is 0 Å². The van der Waals surface area contributed by atoms with Gasteiger partial charge in [0.1, 0.15) is 5.60 Å². The third-order valence-corrected chi connectivity index (χ3v) is 3.55. The molecule has 0 radical (unpaired) electrons. The Labute approximate surface area is 137 Å². The van der Waals surface area contributed by atoms with E-state index in [1.807, 2.05) is 24.4 Å². The summed E-state index contributed by atoms with van der Waals surface area (Å²) in [5, 5.41) is 13.0. The molecule has 2 rings (SSSR count). The molecule has 0 saturated carbocycles. The van der Waals surface area contributed by atoms with Crippen molar-refractivity contribution in [3.63, 3.8) is 0 Å². The van der Waals surface area contributed by atoms with E-state index in [4.69, 9.17) is 4.74 Å². The van der Waals surface area contributed by atoms with Crippen LogP contribution in [0.15, 0.2) is 28.9 Å². The second kappa shape index (κ2) is 6.68. The number of hydroxylamine groups is 1. The molecule has 1 heterocycles. The van der Waals surface area contributed by atoms with Gasteiger partial charge in [0, 0.05) is 28.1 Å². The molecule has 1 unspecified atom stereocenters. The minimum absolute atomic E-state index is 0.203. The lowest BCUT2D eigenvalue weighted by atomic mass is 10.1. The summed E-state index contributed by atoms with van der Waals surface area (Å²) in [6, 6.07) is 5.38. The second-order valence-corrected chi connectivity index (χ2v) is 6.91. The van der Waals surface area contributed by atoms with Gasteiger partial charge >= 0.3 is 6.09 Å². The molecule has 0 bridgehead atoms. The number of carbonyl (C=O) groups excluding carboxylic acids is 1. The molecule has 7 heteroatoms. The number of nitrogens with one attached hydrogen (secondary N) is 3. The van der Waals surface area contributed by atoms with E-state index < -0.39 is 17.7 Å². The van der Waals surface area contributed by atoms with Crippen LogP contribution in [0.5, 0.6) is 0 Å². The lowest BCUT2D eigenvalue weighted by Gasteiger charge is -2.21. The van der Waals surface area contributed by atoms with Gasteiger partial charge in [-0.1, -0.05) is 22.0 Å². The van der Waals surface area contributed by atoms with E-state index in [1.165, 1.54) is 0 Å². The Balaban J connectivity index is 2.09. The monoisotopic (exact) mass is 369 g/mol. The Bertz CT molecular complexity index is 664. The number of hydrogen-bond donors (Lipinski definition) is 4. The number of hydrogen-bond acceptors (Lipinski definition) is 4. The number of fused-ring (bicyclic) bond motifs is 1. The third-order valence-electron chi connectivity index (χ3n) is 3.06. The number of ether oxygens (including phenoxy) is 1. The molecule has 1 atom stereocenters. The van der Waals surface area contributed by atoms with Crippen molar-refractivity contribution >= 4 is 32.9 Å². The normalized spacial score (nSPS) is 13.1. The molecule has 6 nitrogen and oxygen atoms in total. The summed E-state index contributed by atoms with van der Waals surface area (Å²) in [7, 11) is 0. The highest BCUT2D eigenvalue weighted by Crippen LogP contribution is 2.26. The predicted molar refractivity (Wildman–Crippen MR) is 87.9 cm³/mol. The highest BCUT2D eigenvalue weighted by Gasteiger charge is 2.19. The van der Waals surface area contributed by atoms with Crippen molar-refractivity contribution in [2.24, 2.45) is 0 Å². The van der Waals surface area contributed by atoms with E-state index in [9.17, 15) is 10.0 Å². The molecule has 0 aliphatic rings. The fraction of sp³-hybridized carbons (Fsp3) is 0.400. The van der Waals surface area contributed by atoms with Crippen molar-refractivity contribution in [2.75, 3.05) is 6.54 Å². The number of amides is 1. The molecule has 2 aromatic rings. The maximum Gasteiger partial charge on any atom is 0.407 e. The molecule has 0 spiro atoms. The van der Waals surface area contributed by atoms with Crippen molar-refractivity contribution in [1.29, 1.82) is 0 Å². The molecule has 4 N–H and O–H groups in total. The summed E-state index contributed by atoms with van der Waals surface area (Å²) in [5.41, 5.74) is 3.48. The van der Waals surface area contributed by atoms with Crippen LogP contribution in [0, 0.1) is 0 Å². The largest absolute Gasteiger partial charge is 0.444 e. The molecule has 0 saturated heterocycles. The van der Waals surface area contributed by atoms with Crippen LogP contribution in [0.1, 0.15) is 32.4 Å². The van der Waals surface area contributed by atoms with Crippen LogP contribution >= 0.6 is 15.9 Å². The number of aromatic nitrogens is 1. The molecule has 22 heavy (non-hydrogen) atoms. The number of H-pyrrole nitrogens is 1. The van der Waals surface area contributed by atoms with Crippen molar-refractivity contribution in [3.8, 4) is 0 Å². The quantitative estimate of drug-likeness (QED) is 0.621. The SMILES string of the molecule is CC(C)(C)OC(=O)NCC(NO)c1c[nH]c2cc(Br)ccc12. The zero-order valence-electron chi connectivity index (χ0n) is 12.7. The molecular formula is C15H20BrN3O3. The molecular weight excluding hydrogens is 350 g/mol. The summed E-state index contributed by atoms with van der Waals surface area (Å²) in [5.74, 6) is 0. The van der Waals surface area contributed by atoms with Gasteiger partial charge in [0.15, 0.2) is 0 Å². The van der Waals surface area contributed by atoms with Crippen LogP contribution in [0.3, 0.4) is 0 Å². The molecule has 120 valence electrons. The second-order valence-electron chi connectivity index (χ2n) is 6.00. The highest BCUT2D eigenvalue weighted by atomic mass is 79.9. The maximum atomic E-state index is 11.7. The van der Waals surface area contributed by atoms with Gasteiger partial charge in [0.2, 0.25) is 0 Å². The topological polar surface area (TPSA) is 86.4 Å². The Morgan fingerprint density at radius 1 is 1.45 bits per heavy atom.